The number of hydrogen-bond donors (Lipinski definition) is 3. The van der Waals surface area contributed by atoms with E-state index >= 15 is 0 Å². The fourth-order valence-electron chi connectivity index (χ4n) is 4.24. The molecule has 4 N–H and O–H groups in total. The molecule has 2 aromatic heterocycles. The lowest BCUT2D eigenvalue weighted by atomic mass is 10.0. The molecule has 1 amide bonds. The van der Waals surface area contributed by atoms with Gasteiger partial charge >= 0.3 is 0 Å². The number of piperidine rings is 1. The van der Waals surface area contributed by atoms with Crippen molar-refractivity contribution in [3.05, 3.63) is 70.8 Å². The Bertz CT molecular complexity index is 1310. The number of carbonyl (C=O) groups is 1. The number of benzene rings is 1. The van der Waals surface area contributed by atoms with Gasteiger partial charge < -0.3 is 20.7 Å². The minimum Gasteiger partial charge on any atom is -0.486 e. The number of likely N-dealkylation sites (tertiary alicyclic amines) is 1. The standard InChI is InChI=1S/C25H29ClN8O2/c1-4-21(35)34-9-5-6-17(12-34)31-25-22(24(28)29-14-30-25)23(27)16-7-8-20(19(26)11-16)36-13-18-10-15(2)32-33(18)3/h4,7-8,10-11,14,17,27H,1,5-6,9,12-13H2,2-3H3,(H3,28,29,30,31). The van der Waals surface area contributed by atoms with E-state index < -0.39 is 0 Å². The molecule has 1 saturated heterocycles. The molecule has 4 rings (SSSR count). The summed E-state index contributed by atoms with van der Waals surface area (Å²) in [5, 5.41) is 16.9. The fourth-order valence-corrected chi connectivity index (χ4v) is 4.48. The van der Waals surface area contributed by atoms with Gasteiger partial charge in [0.2, 0.25) is 5.91 Å². The number of nitrogens with zero attached hydrogens (tertiary/aromatic N) is 5. The number of nitrogen functional groups attached to an aromatic ring is 1. The van der Waals surface area contributed by atoms with Gasteiger partial charge in [0.25, 0.3) is 0 Å². The maximum atomic E-state index is 12.1. The number of hydrogen-bond acceptors (Lipinski definition) is 8. The van der Waals surface area contributed by atoms with E-state index in [-0.39, 0.29) is 23.5 Å². The number of carbonyl (C=O) groups excluding carboxylic acids is 1. The first-order chi connectivity index (χ1) is 17.3. The zero-order valence-corrected chi connectivity index (χ0v) is 21.0. The lowest BCUT2D eigenvalue weighted by Crippen LogP contribution is -2.44. The van der Waals surface area contributed by atoms with Crippen molar-refractivity contribution < 1.29 is 9.53 Å². The lowest BCUT2D eigenvalue weighted by molar-refractivity contribution is -0.127. The summed E-state index contributed by atoms with van der Waals surface area (Å²) in [6, 6.07) is 7.04. The van der Waals surface area contributed by atoms with Crippen LogP contribution >= 0.6 is 11.6 Å². The van der Waals surface area contributed by atoms with E-state index in [1.54, 1.807) is 27.8 Å². The van der Waals surface area contributed by atoms with Gasteiger partial charge in [0.05, 0.1) is 27.7 Å². The molecule has 1 fully saturated rings. The predicted octanol–water partition coefficient (Wildman–Crippen LogP) is 3.34. The van der Waals surface area contributed by atoms with Crippen molar-refractivity contribution in [2.24, 2.45) is 7.05 Å². The Balaban J connectivity index is 1.52. The van der Waals surface area contributed by atoms with Crippen molar-refractivity contribution in [3.63, 3.8) is 0 Å². The third-order valence-corrected chi connectivity index (χ3v) is 6.37. The summed E-state index contributed by atoms with van der Waals surface area (Å²) in [5.41, 5.74) is 9.05. The molecule has 0 bridgehead atoms. The number of nitrogens with one attached hydrogen (secondary N) is 2. The second kappa shape index (κ2) is 10.8. The molecule has 0 aliphatic carbocycles. The summed E-state index contributed by atoms with van der Waals surface area (Å²) in [6.07, 6.45) is 4.38. The van der Waals surface area contributed by atoms with Gasteiger partial charge in [-0.05, 0) is 50.1 Å². The highest BCUT2D eigenvalue weighted by molar-refractivity contribution is 6.32. The number of halogens is 1. The Morgan fingerprint density at radius 3 is 2.89 bits per heavy atom. The van der Waals surface area contributed by atoms with Crippen LogP contribution in [0.25, 0.3) is 0 Å². The maximum absolute atomic E-state index is 12.1. The van der Waals surface area contributed by atoms with Crippen LogP contribution in [0, 0.1) is 12.3 Å². The number of aromatic nitrogens is 4. The average molecular weight is 509 g/mol. The van der Waals surface area contributed by atoms with E-state index in [0.29, 0.717) is 47.4 Å². The molecule has 0 radical (unpaired) electrons. The molecule has 1 aromatic carbocycles. The van der Waals surface area contributed by atoms with Gasteiger partial charge in [-0.25, -0.2) is 9.97 Å². The summed E-state index contributed by atoms with van der Waals surface area (Å²) >= 11 is 6.50. The number of anilines is 2. The Kier molecular flexibility index (Phi) is 7.54. The van der Waals surface area contributed by atoms with Crippen molar-refractivity contribution in [2.45, 2.75) is 32.4 Å². The van der Waals surface area contributed by atoms with E-state index in [9.17, 15) is 4.79 Å². The largest absolute Gasteiger partial charge is 0.486 e. The number of ether oxygens (including phenoxy) is 1. The third kappa shape index (κ3) is 5.49. The van der Waals surface area contributed by atoms with Crippen LogP contribution in [0.3, 0.4) is 0 Å². The van der Waals surface area contributed by atoms with Gasteiger partial charge in [-0.1, -0.05) is 18.2 Å². The monoisotopic (exact) mass is 508 g/mol. The normalized spacial score (nSPS) is 15.4. The maximum Gasteiger partial charge on any atom is 0.246 e. The van der Waals surface area contributed by atoms with Crippen LogP contribution in [0.15, 0.2) is 43.2 Å². The first-order valence-corrected chi connectivity index (χ1v) is 11.9. The molecule has 1 atom stereocenters. The summed E-state index contributed by atoms with van der Waals surface area (Å²) in [5.74, 6) is 1.01. The summed E-state index contributed by atoms with van der Waals surface area (Å²) in [4.78, 5) is 22.2. The minimum absolute atomic E-state index is 0.0431. The average Bonchev–Trinajstić information content (AvgIpc) is 3.19. The van der Waals surface area contributed by atoms with Gasteiger partial charge in [0.1, 0.15) is 30.3 Å². The van der Waals surface area contributed by atoms with Crippen molar-refractivity contribution in [1.82, 2.24) is 24.6 Å². The number of aryl methyl sites for hydroxylation is 2. The summed E-state index contributed by atoms with van der Waals surface area (Å²) in [6.45, 7) is 7.00. The first-order valence-electron chi connectivity index (χ1n) is 11.6. The third-order valence-electron chi connectivity index (χ3n) is 6.07. The van der Waals surface area contributed by atoms with E-state index in [0.717, 1.165) is 24.2 Å². The molecular formula is C25H29ClN8O2. The van der Waals surface area contributed by atoms with Crippen LogP contribution in [0.1, 0.15) is 35.4 Å². The molecule has 1 unspecified atom stereocenters. The smallest absolute Gasteiger partial charge is 0.246 e. The zero-order chi connectivity index (χ0) is 25.8. The van der Waals surface area contributed by atoms with E-state index in [1.165, 1.54) is 12.4 Å². The molecular weight excluding hydrogens is 480 g/mol. The SMILES string of the molecule is C=CC(=O)N1CCCC(Nc2ncnc(N)c2C(=N)c2ccc(OCc3cc(C)nn3C)c(Cl)c2)C1. The second-order valence-electron chi connectivity index (χ2n) is 8.66. The summed E-state index contributed by atoms with van der Waals surface area (Å²) in [7, 11) is 1.86. The molecule has 1 aliphatic heterocycles. The van der Waals surface area contributed by atoms with Gasteiger partial charge in [-0.15, -0.1) is 0 Å². The van der Waals surface area contributed by atoms with Gasteiger partial charge in [0, 0.05) is 31.7 Å². The Morgan fingerprint density at radius 1 is 1.39 bits per heavy atom. The van der Waals surface area contributed by atoms with Crippen LogP contribution in [-0.2, 0) is 18.4 Å². The van der Waals surface area contributed by atoms with Crippen LogP contribution < -0.4 is 15.8 Å². The molecule has 188 valence electrons. The predicted molar refractivity (Wildman–Crippen MR) is 140 cm³/mol. The van der Waals surface area contributed by atoms with Crippen LogP contribution in [0.5, 0.6) is 5.75 Å². The van der Waals surface area contributed by atoms with Crippen LogP contribution in [0.2, 0.25) is 5.02 Å². The van der Waals surface area contributed by atoms with Crippen molar-refractivity contribution in [1.29, 1.82) is 5.41 Å². The van der Waals surface area contributed by atoms with E-state index in [4.69, 9.17) is 27.5 Å². The van der Waals surface area contributed by atoms with Crippen LogP contribution in [-0.4, -0.2) is 55.4 Å². The van der Waals surface area contributed by atoms with Crippen LogP contribution in [0.4, 0.5) is 11.6 Å². The van der Waals surface area contributed by atoms with Crippen molar-refractivity contribution in [2.75, 3.05) is 24.1 Å². The summed E-state index contributed by atoms with van der Waals surface area (Å²) < 4.78 is 7.64. The lowest BCUT2D eigenvalue weighted by Gasteiger charge is -2.33. The molecule has 0 spiro atoms. The Hall–Kier alpha value is -3.92. The van der Waals surface area contributed by atoms with Crippen molar-refractivity contribution >= 4 is 34.9 Å². The Morgan fingerprint density at radius 2 is 2.19 bits per heavy atom. The van der Waals surface area contributed by atoms with E-state index in [1.807, 2.05) is 20.0 Å². The molecule has 1 aliphatic rings. The molecule has 0 saturated carbocycles. The minimum atomic E-state index is -0.104. The molecule has 3 aromatic rings. The topological polar surface area (TPSA) is 135 Å². The first kappa shape index (κ1) is 25.2. The molecule has 10 nitrogen and oxygen atoms in total. The highest BCUT2D eigenvalue weighted by Gasteiger charge is 2.25. The fraction of sp³-hybridized carbons (Fsp3) is 0.320. The van der Waals surface area contributed by atoms with Crippen molar-refractivity contribution in [3.8, 4) is 5.75 Å². The molecule has 36 heavy (non-hydrogen) atoms. The quantitative estimate of drug-likeness (QED) is 0.313. The number of amides is 1. The van der Waals surface area contributed by atoms with E-state index in [2.05, 4.69) is 27.0 Å². The number of nitrogens with two attached hydrogens (primary N) is 1. The molecule has 3 heterocycles. The van der Waals surface area contributed by atoms with Gasteiger partial charge in [0.15, 0.2) is 0 Å². The molecule has 11 heteroatoms. The number of rotatable bonds is 8. The highest BCUT2D eigenvalue weighted by atomic mass is 35.5. The Labute approximate surface area is 214 Å². The van der Waals surface area contributed by atoms with Gasteiger partial charge in [-0.3, -0.25) is 14.9 Å². The zero-order valence-electron chi connectivity index (χ0n) is 20.3. The highest BCUT2D eigenvalue weighted by Crippen LogP contribution is 2.30. The van der Waals surface area contributed by atoms with Gasteiger partial charge in [-0.2, -0.15) is 5.10 Å². The second-order valence-corrected chi connectivity index (χ2v) is 9.07.